The van der Waals surface area contributed by atoms with E-state index in [1.165, 1.54) is 0 Å². The number of ether oxygens (including phenoxy) is 3. The van der Waals surface area contributed by atoms with Gasteiger partial charge in [-0.15, -0.1) is 0 Å². The molecule has 0 saturated heterocycles. The Kier molecular flexibility index (Phi) is 18.8. The van der Waals surface area contributed by atoms with Gasteiger partial charge in [-0.2, -0.15) is 0 Å². The first-order valence-electron chi connectivity index (χ1n) is 10.3. The molecule has 0 atom stereocenters. The predicted molar refractivity (Wildman–Crippen MR) is 130 cm³/mol. The number of aliphatic carboxylic acids is 4. The van der Waals surface area contributed by atoms with E-state index >= 15 is 0 Å². The van der Waals surface area contributed by atoms with Gasteiger partial charge in [-0.25, -0.2) is 28.8 Å². The molecule has 1 aromatic rings. The van der Waals surface area contributed by atoms with E-state index in [-0.39, 0.29) is 19.0 Å². The number of carbonyl (C=O) groups excluding carboxylic acids is 2. The van der Waals surface area contributed by atoms with Crippen molar-refractivity contribution < 1.29 is 63.4 Å². The molecule has 0 aliphatic carbocycles. The number of likely N-dealkylation sites (N-methyl/N-ethyl adjacent to an activating group) is 2. The van der Waals surface area contributed by atoms with Crippen LogP contribution in [0.3, 0.4) is 0 Å². The van der Waals surface area contributed by atoms with Gasteiger partial charge in [-0.3, -0.25) is 0 Å². The molecule has 1 rings (SSSR count). The summed E-state index contributed by atoms with van der Waals surface area (Å²) in [6.07, 6.45) is 0.988. The molecule has 1 aromatic carbocycles. The van der Waals surface area contributed by atoms with Crippen LogP contribution in [0.25, 0.3) is 0 Å². The van der Waals surface area contributed by atoms with Crippen molar-refractivity contribution in [1.82, 2.24) is 9.80 Å². The second-order valence-electron chi connectivity index (χ2n) is 7.20. The standard InChI is InChI=1S/C18H25ClN2O5.2C2H2O4/c1-20(2)9-11-24-17(22)13-16(18(23)25-12-10-21(3)4)26-15-7-5-14(19)6-8-15;2*3-1(4)2(5)6/h5-8,13H,9-12H2,1-4H3;2*(H,3,4)(H,5,6)/b16-13-;;. The SMILES string of the molecule is CN(C)CCOC(=O)/C=C(\Oc1ccc(Cl)cc1)C(=O)OCCN(C)C.O=C(O)C(=O)O.O=C(O)C(=O)O. The number of benzene rings is 1. The third-order valence-electron chi connectivity index (χ3n) is 3.41. The lowest BCUT2D eigenvalue weighted by atomic mass is 10.3. The van der Waals surface area contributed by atoms with E-state index in [2.05, 4.69) is 0 Å². The molecule has 4 N–H and O–H groups in total. The zero-order chi connectivity index (χ0) is 29.8. The molecule has 0 bridgehead atoms. The molecule has 0 fully saturated rings. The molecule has 16 heteroatoms. The molecule has 212 valence electrons. The van der Waals surface area contributed by atoms with Crippen molar-refractivity contribution in [3.8, 4) is 5.75 Å². The predicted octanol–water partition coefficient (Wildman–Crippen LogP) is 0.124. The normalized spacial score (nSPS) is 10.2. The summed E-state index contributed by atoms with van der Waals surface area (Å²) in [5.41, 5.74) is 0. The van der Waals surface area contributed by atoms with Gasteiger partial charge in [0, 0.05) is 18.1 Å². The van der Waals surface area contributed by atoms with E-state index in [1.54, 1.807) is 24.3 Å². The van der Waals surface area contributed by atoms with Crippen molar-refractivity contribution in [3.63, 3.8) is 0 Å². The molecule has 0 aliphatic rings. The highest BCUT2D eigenvalue weighted by Crippen LogP contribution is 2.18. The second-order valence-corrected chi connectivity index (χ2v) is 7.63. The number of nitrogens with zero attached hydrogens (tertiary/aromatic N) is 2. The highest BCUT2D eigenvalue weighted by Gasteiger charge is 2.17. The summed E-state index contributed by atoms with van der Waals surface area (Å²) in [5.74, 6) is -8.62. The molecular weight excluding hydrogens is 536 g/mol. The average Bonchev–Trinajstić information content (AvgIpc) is 2.80. The second kappa shape index (κ2) is 19.9. The van der Waals surface area contributed by atoms with Crippen molar-refractivity contribution in [1.29, 1.82) is 0 Å². The number of esters is 2. The Balaban J connectivity index is 0. The Morgan fingerprint density at radius 3 is 1.50 bits per heavy atom. The Labute approximate surface area is 222 Å². The van der Waals surface area contributed by atoms with Gasteiger partial charge in [0.25, 0.3) is 0 Å². The molecule has 0 unspecified atom stereocenters. The van der Waals surface area contributed by atoms with Gasteiger partial charge in [0.1, 0.15) is 19.0 Å². The summed E-state index contributed by atoms with van der Waals surface area (Å²) in [6, 6.07) is 6.39. The third kappa shape index (κ3) is 21.1. The Morgan fingerprint density at radius 2 is 1.13 bits per heavy atom. The molecule has 0 saturated carbocycles. The fourth-order valence-electron chi connectivity index (χ4n) is 1.63. The van der Waals surface area contributed by atoms with Crippen molar-refractivity contribution in [2.24, 2.45) is 0 Å². The highest BCUT2D eigenvalue weighted by molar-refractivity contribution is 6.30. The van der Waals surface area contributed by atoms with Crippen molar-refractivity contribution >= 4 is 47.4 Å². The topological polar surface area (TPSA) is 218 Å². The Hall–Kier alpha value is -4.21. The minimum atomic E-state index is -1.82. The quantitative estimate of drug-likeness (QED) is 0.128. The van der Waals surface area contributed by atoms with Crippen LogP contribution in [0.1, 0.15) is 0 Å². The number of carboxylic acid groups (broad SMARTS) is 4. The van der Waals surface area contributed by atoms with Crippen LogP contribution in [0.2, 0.25) is 5.02 Å². The van der Waals surface area contributed by atoms with Crippen LogP contribution in [0.4, 0.5) is 0 Å². The van der Waals surface area contributed by atoms with Crippen LogP contribution < -0.4 is 4.74 Å². The smallest absolute Gasteiger partial charge is 0.414 e. The first-order valence-corrected chi connectivity index (χ1v) is 10.6. The summed E-state index contributed by atoms with van der Waals surface area (Å²) in [4.78, 5) is 64.3. The molecule has 0 aliphatic heterocycles. The summed E-state index contributed by atoms with van der Waals surface area (Å²) < 4.78 is 15.7. The highest BCUT2D eigenvalue weighted by atomic mass is 35.5. The number of halogens is 1. The van der Waals surface area contributed by atoms with Crippen molar-refractivity contribution in [3.05, 3.63) is 41.1 Å². The molecule has 0 amide bonds. The third-order valence-corrected chi connectivity index (χ3v) is 3.66. The molecule has 0 aromatic heterocycles. The van der Waals surface area contributed by atoms with Crippen LogP contribution in [0.5, 0.6) is 5.75 Å². The summed E-state index contributed by atoms with van der Waals surface area (Å²) >= 11 is 5.83. The molecule has 0 radical (unpaired) electrons. The number of rotatable bonds is 10. The monoisotopic (exact) mass is 564 g/mol. The number of carbonyl (C=O) groups is 6. The fourth-order valence-corrected chi connectivity index (χ4v) is 1.76. The van der Waals surface area contributed by atoms with Gasteiger partial charge in [0.15, 0.2) is 0 Å². The molecular formula is C22H29ClN2O13. The van der Waals surface area contributed by atoms with Gasteiger partial charge >= 0.3 is 35.8 Å². The van der Waals surface area contributed by atoms with E-state index in [0.29, 0.717) is 23.9 Å². The lowest BCUT2D eigenvalue weighted by Gasteiger charge is -2.13. The van der Waals surface area contributed by atoms with Gasteiger partial charge < -0.3 is 44.4 Å². The maximum Gasteiger partial charge on any atom is 0.414 e. The first-order chi connectivity index (χ1) is 17.6. The van der Waals surface area contributed by atoms with E-state index in [0.717, 1.165) is 6.08 Å². The number of carboxylic acids is 4. The lowest BCUT2D eigenvalue weighted by molar-refractivity contribution is -0.159. The van der Waals surface area contributed by atoms with E-state index in [4.69, 9.17) is 65.4 Å². The Bertz CT molecular complexity index is 928. The maximum absolute atomic E-state index is 12.2. The van der Waals surface area contributed by atoms with Crippen LogP contribution in [0, 0.1) is 0 Å². The lowest BCUT2D eigenvalue weighted by Crippen LogP contribution is -2.23. The minimum Gasteiger partial charge on any atom is -0.473 e. The van der Waals surface area contributed by atoms with Gasteiger partial charge in [-0.1, -0.05) is 11.6 Å². The van der Waals surface area contributed by atoms with Crippen LogP contribution in [-0.2, 0) is 38.2 Å². The zero-order valence-corrected chi connectivity index (χ0v) is 21.7. The minimum absolute atomic E-state index is 0.169. The Morgan fingerprint density at radius 1 is 0.737 bits per heavy atom. The summed E-state index contributed by atoms with van der Waals surface area (Å²) in [6.45, 7) is 1.49. The molecule has 15 nitrogen and oxygen atoms in total. The number of hydrogen-bond acceptors (Lipinski definition) is 11. The first kappa shape index (κ1) is 35.9. The molecule has 0 spiro atoms. The van der Waals surface area contributed by atoms with E-state index in [9.17, 15) is 9.59 Å². The van der Waals surface area contributed by atoms with Crippen LogP contribution >= 0.6 is 11.6 Å². The van der Waals surface area contributed by atoms with Gasteiger partial charge in [-0.05, 0) is 52.5 Å². The number of hydrogen-bond donors (Lipinski definition) is 4. The molecule has 0 heterocycles. The van der Waals surface area contributed by atoms with Crippen molar-refractivity contribution in [2.75, 3.05) is 54.5 Å². The average molecular weight is 565 g/mol. The van der Waals surface area contributed by atoms with Crippen LogP contribution in [0.15, 0.2) is 36.1 Å². The summed E-state index contributed by atoms with van der Waals surface area (Å²) in [5, 5.41) is 30.1. The largest absolute Gasteiger partial charge is 0.473 e. The maximum atomic E-state index is 12.2. The fraction of sp³-hybridized carbons (Fsp3) is 0.364. The zero-order valence-electron chi connectivity index (χ0n) is 21.0. The van der Waals surface area contributed by atoms with Crippen molar-refractivity contribution in [2.45, 2.75) is 0 Å². The summed E-state index contributed by atoms with van der Waals surface area (Å²) in [7, 11) is 7.44. The van der Waals surface area contributed by atoms with E-state index < -0.39 is 35.8 Å². The van der Waals surface area contributed by atoms with Crippen LogP contribution in [-0.4, -0.2) is 121 Å². The molecule has 38 heavy (non-hydrogen) atoms. The van der Waals surface area contributed by atoms with E-state index in [1.807, 2.05) is 38.0 Å². The van der Waals surface area contributed by atoms with Gasteiger partial charge in [0.05, 0.1) is 6.08 Å². The van der Waals surface area contributed by atoms with Gasteiger partial charge in [0.2, 0.25) is 5.76 Å².